The Balaban J connectivity index is 2.15. The number of hydrogen-bond donors (Lipinski definition) is 1. The Morgan fingerprint density at radius 3 is 2.45 bits per heavy atom. The summed E-state index contributed by atoms with van der Waals surface area (Å²) in [7, 11) is 0. The number of hydrogen-bond acceptors (Lipinski definition) is 3. The van der Waals surface area contributed by atoms with Crippen LogP contribution in [0.1, 0.15) is 24.5 Å². The molecule has 3 nitrogen and oxygen atoms in total. The van der Waals surface area contributed by atoms with Gasteiger partial charge in [0.25, 0.3) is 0 Å². The first-order valence-corrected chi connectivity index (χ1v) is 6.74. The molecule has 100 valence electrons. The van der Waals surface area contributed by atoms with Gasteiger partial charge in [0.1, 0.15) is 5.82 Å². The molecule has 0 radical (unpaired) electrons. The number of nitrogens with zero attached hydrogens (tertiary/aromatic N) is 2. The quantitative estimate of drug-likeness (QED) is 0.768. The van der Waals surface area contributed by atoms with Crippen LogP contribution in [0, 0.1) is 6.92 Å². The molecule has 2 aromatic carbocycles. The van der Waals surface area contributed by atoms with Gasteiger partial charge in [-0.05, 0) is 36.8 Å². The Kier molecular flexibility index (Phi) is 3.20. The van der Waals surface area contributed by atoms with E-state index in [1.807, 2.05) is 32.0 Å². The number of aryl methyl sites for hydroxylation is 1. The van der Waals surface area contributed by atoms with Crippen molar-refractivity contribution in [1.29, 1.82) is 0 Å². The molecule has 1 atom stereocenters. The highest BCUT2D eigenvalue weighted by Gasteiger charge is 2.08. The van der Waals surface area contributed by atoms with E-state index in [0.717, 1.165) is 17.0 Å². The molecule has 1 aromatic heterocycles. The molecule has 0 aliphatic rings. The third-order valence-electron chi connectivity index (χ3n) is 3.32. The van der Waals surface area contributed by atoms with Crippen molar-refractivity contribution in [3.8, 4) is 11.3 Å². The average Bonchev–Trinajstić information content (AvgIpc) is 2.46. The Bertz CT molecular complexity index is 763. The molecule has 3 aromatic rings. The molecule has 0 aliphatic carbocycles. The Hall–Kier alpha value is -2.26. The normalized spacial score (nSPS) is 12.6. The second kappa shape index (κ2) is 5.02. The van der Waals surface area contributed by atoms with Crippen LogP contribution in [0.15, 0.2) is 48.5 Å². The summed E-state index contributed by atoms with van der Waals surface area (Å²) in [4.78, 5) is 8.96. The van der Waals surface area contributed by atoms with Crippen LogP contribution in [0.3, 0.4) is 0 Å². The summed E-state index contributed by atoms with van der Waals surface area (Å²) in [6.45, 7) is 3.87. The summed E-state index contributed by atoms with van der Waals surface area (Å²) in [6.07, 6.45) is 0. The molecule has 2 N–H and O–H groups in total. The maximum absolute atomic E-state index is 5.90. The number of rotatable bonds is 2. The topological polar surface area (TPSA) is 51.8 Å². The largest absolute Gasteiger partial charge is 0.322 e. The zero-order valence-electron chi connectivity index (χ0n) is 11.7. The molecule has 3 rings (SSSR count). The van der Waals surface area contributed by atoms with Crippen molar-refractivity contribution in [2.75, 3.05) is 0 Å². The van der Waals surface area contributed by atoms with E-state index in [0.29, 0.717) is 5.82 Å². The van der Waals surface area contributed by atoms with Crippen LogP contribution in [0.4, 0.5) is 0 Å². The highest BCUT2D eigenvalue weighted by molar-refractivity contribution is 5.86. The van der Waals surface area contributed by atoms with Crippen LogP contribution in [0.25, 0.3) is 22.0 Å². The highest BCUT2D eigenvalue weighted by atomic mass is 14.9. The Morgan fingerprint density at radius 2 is 1.70 bits per heavy atom. The molecule has 0 spiro atoms. The van der Waals surface area contributed by atoms with Crippen molar-refractivity contribution in [2.45, 2.75) is 19.9 Å². The smallest absolute Gasteiger partial charge is 0.145 e. The predicted octanol–water partition coefficient (Wildman–Crippen LogP) is 3.62. The van der Waals surface area contributed by atoms with Crippen molar-refractivity contribution >= 4 is 10.8 Å². The first kappa shape index (κ1) is 12.8. The van der Waals surface area contributed by atoms with Crippen LogP contribution in [-0.2, 0) is 0 Å². The lowest BCUT2D eigenvalue weighted by Gasteiger charge is -2.09. The van der Waals surface area contributed by atoms with E-state index in [9.17, 15) is 0 Å². The lowest BCUT2D eigenvalue weighted by molar-refractivity contribution is 0.735. The van der Waals surface area contributed by atoms with E-state index in [-0.39, 0.29) is 6.04 Å². The van der Waals surface area contributed by atoms with E-state index in [1.165, 1.54) is 10.8 Å². The second-order valence-corrected chi connectivity index (χ2v) is 5.10. The molecule has 0 fully saturated rings. The van der Waals surface area contributed by atoms with Gasteiger partial charge in [0.15, 0.2) is 0 Å². The summed E-state index contributed by atoms with van der Waals surface area (Å²) in [5.74, 6) is 0.688. The van der Waals surface area contributed by atoms with Gasteiger partial charge in [0.2, 0.25) is 0 Å². The van der Waals surface area contributed by atoms with Gasteiger partial charge in [-0.15, -0.1) is 0 Å². The van der Waals surface area contributed by atoms with Gasteiger partial charge in [-0.3, -0.25) is 0 Å². The molecule has 0 bridgehead atoms. The predicted molar refractivity (Wildman–Crippen MR) is 82.3 cm³/mol. The lowest BCUT2D eigenvalue weighted by atomic mass is 10.0. The van der Waals surface area contributed by atoms with Crippen molar-refractivity contribution < 1.29 is 0 Å². The first-order chi connectivity index (χ1) is 9.63. The van der Waals surface area contributed by atoms with Crippen LogP contribution in [0.5, 0.6) is 0 Å². The number of aromatic nitrogens is 2. The van der Waals surface area contributed by atoms with E-state index < -0.39 is 0 Å². The Morgan fingerprint density at radius 1 is 0.950 bits per heavy atom. The minimum Gasteiger partial charge on any atom is -0.322 e. The van der Waals surface area contributed by atoms with Gasteiger partial charge >= 0.3 is 0 Å². The van der Waals surface area contributed by atoms with Gasteiger partial charge in [-0.25, -0.2) is 9.97 Å². The SMILES string of the molecule is Cc1cc(-c2ccc3ccccc3c2)nc(C(C)N)n1. The summed E-state index contributed by atoms with van der Waals surface area (Å²) >= 11 is 0. The maximum atomic E-state index is 5.90. The summed E-state index contributed by atoms with van der Waals surface area (Å²) in [6, 6.07) is 16.5. The minimum absolute atomic E-state index is 0.158. The van der Waals surface area contributed by atoms with Gasteiger partial charge in [-0.2, -0.15) is 0 Å². The second-order valence-electron chi connectivity index (χ2n) is 5.10. The van der Waals surface area contributed by atoms with E-state index >= 15 is 0 Å². The van der Waals surface area contributed by atoms with Crippen LogP contribution in [0.2, 0.25) is 0 Å². The molecular weight excluding hydrogens is 246 g/mol. The zero-order chi connectivity index (χ0) is 14.1. The molecule has 1 unspecified atom stereocenters. The molecular formula is C17H17N3. The van der Waals surface area contributed by atoms with Crippen LogP contribution in [-0.4, -0.2) is 9.97 Å². The minimum atomic E-state index is -0.158. The number of nitrogens with two attached hydrogens (primary N) is 1. The molecule has 0 amide bonds. The van der Waals surface area contributed by atoms with E-state index in [1.54, 1.807) is 0 Å². The molecule has 3 heteroatoms. The van der Waals surface area contributed by atoms with Gasteiger partial charge in [0.05, 0.1) is 11.7 Å². The van der Waals surface area contributed by atoms with E-state index in [4.69, 9.17) is 5.73 Å². The summed E-state index contributed by atoms with van der Waals surface area (Å²) in [5.41, 5.74) is 8.86. The standard InChI is InChI=1S/C17H17N3/c1-11-9-16(20-17(19-11)12(2)18)15-8-7-13-5-3-4-6-14(13)10-15/h3-10,12H,18H2,1-2H3. The third kappa shape index (κ3) is 2.40. The molecule has 0 saturated heterocycles. The number of benzene rings is 2. The molecule has 1 heterocycles. The fraction of sp³-hybridized carbons (Fsp3) is 0.176. The van der Waals surface area contributed by atoms with Gasteiger partial charge in [0, 0.05) is 11.3 Å². The fourth-order valence-electron chi connectivity index (χ4n) is 2.29. The molecule has 0 aliphatic heterocycles. The molecule has 0 saturated carbocycles. The van der Waals surface area contributed by atoms with Crippen LogP contribution < -0.4 is 5.73 Å². The van der Waals surface area contributed by atoms with Crippen molar-refractivity contribution in [2.24, 2.45) is 5.73 Å². The third-order valence-corrected chi connectivity index (χ3v) is 3.32. The van der Waals surface area contributed by atoms with E-state index in [2.05, 4.69) is 40.3 Å². The highest BCUT2D eigenvalue weighted by Crippen LogP contribution is 2.24. The van der Waals surface area contributed by atoms with Crippen LogP contribution >= 0.6 is 0 Å². The monoisotopic (exact) mass is 263 g/mol. The fourth-order valence-corrected chi connectivity index (χ4v) is 2.29. The van der Waals surface area contributed by atoms with Gasteiger partial charge < -0.3 is 5.73 Å². The van der Waals surface area contributed by atoms with Crippen molar-refractivity contribution in [3.05, 3.63) is 60.0 Å². The summed E-state index contributed by atoms with van der Waals surface area (Å²) in [5, 5.41) is 2.44. The zero-order valence-corrected chi connectivity index (χ0v) is 11.7. The van der Waals surface area contributed by atoms with Crippen molar-refractivity contribution in [3.63, 3.8) is 0 Å². The first-order valence-electron chi connectivity index (χ1n) is 6.74. The maximum Gasteiger partial charge on any atom is 0.145 e. The molecule has 20 heavy (non-hydrogen) atoms. The lowest BCUT2D eigenvalue weighted by Crippen LogP contribution is -2.11. The van der Waals surface area contributed by atoms with Crippen molar-refractivity contribution in [1.82, 2.24) is 9.97 Å². The van der Waals surface area contributed by atoms with Gasteiger partial charge in [-0.1, -0.05) is 36.4 Å². The number of fused-ring (bicyclic) bond motifs is 1. The Labute approximate surface area is 118 Å². The summed E-state index contributed by atoms with van der Waals surface area (Å²) < 4.78 is 0. The average molecular weight is 263 g/mol.